The summed E-state index contributed by atoms with van der Waals surface area (Å²) in [5, 5.41) is 0. The van der Waals surface area contributed by atoms with Crippen LogP contribution in [0.1, 0.15) is 41.0 Å². The molecule has 0 bridgehead atoms. The van der Waals surface area contributed by atoms with Crippen LogP contribution in [0, 0.1) is 0 Å². The van der Waals surface area contributed by atoms with E-state index in [0.29, 0.717) is 5.54 Å². The van der Waals surface area contributed by atoms with Crippen LogP contribution in [-0.4, -0.2) is 22.5 Å². The number of hydrogen-bond acceptors (Lipinski definition) is 1. The molecule has 1 nitrogen and oxygen atoms in total. The number of hydrogen-bond donors (Lipinski definition) is 0. The SMILES string of the molecule is CCC1C(C)N1C(C)(C)C. The van der Waals surface area contributed by atoms with Crippen LogP contribution >= 0.6 is 0 Å². The molecule has 60 valence electrons. The molecule has 1 saturated heterocycles. The van der Waals surface area contributed by atoms with Gasteiger partial charge in [0.05, 0.1) is 0 Å². The van der Waals surface area contributed by atoms with E-state index in [2.05, 4.69) is 39.5 Å². The van der Waals surface area contributed by atoms with E-state index in [4.69, 9.17) is 0 Å². The van der Waals surface area contributed by atoms with Gasteiger partial charge in [-0.1, -0.05) is 6.92 Å². The maximum atomic E-state index is 2.58. The molecule has 1 heterocycles. The van der Waals surface area contributed by atoms with Gasteiger partial charge in [0.25, 0.3) is 0 Å². The maximum absolute atomic E-state index is 2.58. The minimum atomic E-state index is 0.389. The van der Waals surface area contributed by atoms with Gasteiger partial charge in [-0.3, -0.25) is 4.90 Å². The fourth-order valence-electron chi connectivity index (χ4n) is 2.06. The van der Waals surface area contributed by atoms with E-state index >= 15 is 0 Å². The monoisotopic (exact) mass is 141 g/mol. The summed E-state index contributed by atoms with van der Waals surface area (Å²) >= 11 is 0. The molecule has 3 unspecified atom stereocenters. The normalized spacial score (nSPS) is 39.9. The molecule has 10 heavy (non-hydrogen) atoms. The Hall–Kier alpha value is -0.0400. The average molecular weight is 141 g/mol. The smallest absolute Gasteiger partial charge is 0.0255 e. The van der Waals surface area contributed by atoms with Crippen LogP contribution in [0.15, 0.2) is 0 Å². The third-order valence-corrected chi connectivity index (χ3v) is 2.46. The summed E-state index contributed by atoms with van der Waals surface area (Å²) in [6.07, 6.45) is 1.30. The lowest BCUT2D eigenvalue weighted by Crippen LogP contribution is -2.28. The molecular formula is C9H19N. The third-order valence-electron chi connectivity index (χ3n) is 2.46. The van der Waals surface area contributed by atoms with Crippen LogP contribution in [0.2, 0.25) is 0 Å². The molecule has 0 saturated carbocycles. The predicted octanol–water partition coefficient (Wildman–Crippen LogP) is 2.27. The summed E-state index contributed by atoms with van der Waals surface area (Å²) in [5.41, 5.74) is 0.389. The number of rotatable bonds is 1. The van der Waals surface area contributed by atoms with E-state index < -0.39 is 0 Å². The molecule has 0 N–H and O–H groups in total. The van der Waals surface area contributed by atoms with Crippen molar-refractivity contribution < 1.29 is 0 Å². The van der Waals surface area contributed by atoms with Gasteiger partial charge in [0.1, 0.15) is 0 Å². The minimum Gasteiger partial charge on any atom is -0.290 e. The van der Waals surface area contributed by atoms with Crippen LogP contribution < -0.4 is 0 Å². The Morgan fingerprint density at radius 3 is 1.90 bits per heavy atom. The molecular weight excluding hydrogens is 122 g/mol. The molecule has 1 heteroatoms. The molecule has 0 spiro atoms. The molecule has 0 aliphatic carbocycles. The molecule has 0 aromatic heterocycles. The van der Waals surface area contributed by atoms with Gasteiger partial charge in [-0.2, -0.15) is 0 Å². The second kappa shape index (κ2) is 2.23. The van der Waals surface area contributed by atoms with Gasteiger partial charge in [-0.25, -0.2) is 0 Å². The fraction of sp³-hybridized carbons (Fsp3) is 1.00. The molecule has 1 aliphatic rings. The minimum absolute atomic E-state index is 0.389. The first-order valence-corrected chi connectivity index (χ1v) is 4.27. The van der Waals surface area contributed by atoms with Crippen LogP contribution in [0.5, 0.6) is 0 Å². The van der Waals surface area contributed by atoms with Crippen LogP contribution in [0.4, 0.5) is 0 Å². The first kappa shape index (κ1) is 8.06. The van der Waals surface area contributed by atoms with Crippen molar-refractivity contribution in [1.82, 2.24) is 4.90 Å². The molecule has 3 atom stereocenters. The van der Waals surface area contributed by atoms with Crippen molar-refractivity contribution in [3.8, 4) is 0 Å². The lowest BCUT2D eigenvalue weighted by Gasteiger charge is -2.21. The van der Waals surface area contributed by atoms with E-state index in [1.807, 2.05) is 0 Å². The summed E-state index contributed by atoms with van der Waals surface area (Å²) < 4.78 is 0. The highest BCUT2D eigenvalue weighted by Gasteiger charge is 2.48. The second-order valence-corrected chi connectivity index (χ2v) is 4.29. The Morgan fingerprint density at radius 2 is 1.80 bits per heavy atom. The van der Waals surface area contributed by atoms with Gasteiger partial charge in [0, 0.05) is 17.6 Å². The summed E-state index contributed by atoms with van der Waals surface area (Å²) in [7, 11) is 0. The van der Waals surface area contributed by atoms with Crippen molar-refractivity contribution in [3.63, 3.8) is 0 Å². The summed E-state index contributed by atoms with van der Waals surface area (Å²) in [6, 6.07) is 1.69. The summed E-state index contributed by atoms with van der Waals surface area (Å²) in [5.74, 6) is 0. The molecule has 1 aliphatic heterocycles. The highest BCUT2D eigenvalue weighted by molar-refractivity contribution is 5.04. The fourth-order valence-corrected chi connectivity index (χ4v) is 2.06. The quantitative estimate of drug-likeness (QED) is 0.506. The molecule has 0 aromatic carbocycles. The van der Waals surface area contributed by atoms with Crippen molar-refractivity contribution in [2.45, 2.75) is 58.7 Å². The molecule has 0 amide bonds. The standard InChI is InChI=1S/C9H19N/c1-6-8-7(2)10(8)9(3,4)5/h7-8H,6H2,1-5H3. The van der Waals surface area contributed by atoms with Crippen molar-refractivity contribution in [3.05, 3.63) is 0 Å². The van der Waals surface area contributed by atoms with Crippen LogP contribution in [-0.2, 0) is 0 Å². The van der Waals surface area contributed by atoms with Crippen molar-refractivity contribution >= 4 is 0 Å². The Labute approximate surface area is 64.4 Å². The van der Waals surface area contributed by atoms with Gasteiger partial charge in [0.2, 0.25) is 0 Å². The van der Waals surface area contributed by atoms with E-state index in [1.54, 1.807) is 0 Å². The van der Waals surface area contributed by atoms with E-state index in [0.717, 1.165) is 12.1 Å². The number of nitrogens with zero attached hydrogens (tertiary/aromatic N) is 1. The van der Waals surface area contributed by atoms with Gasteiger partial charge in [0.15, 0.2) is 0 Å². The first-order valence-electron chi connectivity index (χ1n) is 4.27. The largest absolute Gasteiger partial charge is 0.290 e. The highest BCUT2D eigenvalue weighted by Crippen LogP contribution is 2.37. The topological polar surface area (TPSA) is 3.01 Å². The van der Waals surface area contributed by atoms with E-state index in [-0.39, 0.29) is 0 Å². The molecule has 1 rings (SSSR count). The molecule has 1 fully saturated rings. The van der Waals surface area contributed by atoms with Gasteiger partial charge in [-0.05, 0) is 34.1 Å². The Balaban J connectivity index is 2.48. The third kappa shape index (κ3) is 1.20. The van der Waals surface area contributed by atoms with Crippen molar-refractivity contribution in [1.29, 1.82) is 0 Å². The van der Waals surface area contributed by atoms with Crippen molar-refractivity contribution in [2.24, 2.45) is 0 Å². The highest BCUT2D eigenvalue weighted by atomic mass is 15.4. The zero-order valence-corrected chi connectivity index (χ0v) is 7.81. The Morgan fingerprint density at radius 1 is 1.30 bits per heavy atom. The predicted molar refractivity (Wildman–Crippen MR) is 45.1 cm³/mol. The van der Waals surface area contributed by atoms with Gasteiger partial charge in [-0.15, -0.1) is 0 Å². The Bertz CT molecular complexity index is 123. The second-order valence-electron chi connectivity index (χ2n) is 4.29. The van der Waals surface area contributed by atoms with E-state index in [1.165, 1.54) is 6.42 Å². The van der Waals surface area contributed by atoms with Crippen LogP contribution in [0.25, 0.3) is 0 Å². The van der Waals surface area contributed by atoms with E-state index in [9.17, 15) is 0 Å². The molecule has 0 radical (unpaired) electrons. The first-order chi connectivity index (χ1) is 4.48. The van der Waals surface area contributed by atoms with Crippen LogP contribution in [0.3, 0.4) is 0 Å². The zero-order valence-electron chi connectivity index (χ0n) is 7.81. The lowest BCUT2D eigenvalue weighted by molar-refractivity contribution is 0.270. The van der Waals surface area contributed by atoms with Gasteiger partial charge >= 0.3 is 0 Å². The maximum Gasteiger partial charge on any atom is 0.0255 e. The summed E-state index contributed by atoms with van der Waals surface area (Å²) in [6.45, 7) is 11.5. The summed E-state index contributed by atoms with van der Waals surface area (Å²) in [4.78, 5) is 2.58. The Kier molecular flexibility index (Phi) is 1.80. The average Bonchev–Trinajstić information content (AvgIpc) is 2.39. The van der Waals surface area contributed by atoms with Crippen molar-refractivity contribution in [2.75, 3.05) is 0 Å². The molecule has 0 aromatic rings. The lowest BCUT2D eigenvalue weighted by atomic mass is 10.1. The zero-order chi connectivity index (χ0) is 7.94. The van der Waals surface area contributed by atoms with Gasteiger partial charge < -0.3 is 0 Å².